The van der Waals surface area contributed by atoms with E-state index in [1.807, 2.05) is 18.2 Å². The molecule has 0 saturated heterocycles. The van der Waals surface area contributed by atoms with E-state index in [0.717, 1.165) is 29.8 Å². The van der Waals surface area contributed by atoms with Gasteiger partial charge in [0, 0.05) is 41.3 Å². The normalized spacial score (nSPS) is 22.6. The van der Waals surface area contributed by atoms with E-state index < -0.39 is 11.8 Å². The molecule has 1 aromatic carbocycles. The van der Waals surface area contributed by atoms with Gasteiger partial charge in [0.2, 0.25) is 0 Å². The van der Waals surface area contributed by atoms with Crippen LogP contribution in [0.3, 0.4) is 0 Å². The molecule has 0 bridgehead atoms. The lowest BCUT2D eigenvalue weighted by molar-refractivity contribution is -0.120. The molecule has 1 aliphatic heterocycles. The van der Waals surface area contributed by atoms with Crippen LogP contribution >= 0.6 is 0 Å². The number of allylic oxidation sites excluding steroid dienone is 4. The molecule has 6 heteroatoms. The van der Waals surface area contributed by atoms with Crippen LogP contribution in [0.15, 0.2) is 46.8 Å². The summed E-state index contributed by atoms with van der Waals surface area (Å²) in [6, 6.07) is 7.30. The van der Waals surface area contributed by atoms with Gasteiger partial charge in [-0.25, -0.2) is 0 Å². The highest BCUT2D eigenvalue weighted by Crippen LogP contribution is 2.51. The number of dihydropyridines is 1. The van der Waals surface area contributed by atoms with Gasteiger partial charge in [0.1, 0.15) is 5.75 Å². The summed E-state index contributed by atoms with van der Waals surface area (Å²) in [4.78, 5) is 37.8. The first-order chi connectivity index (χ1) is 14.5. The smallest absolute Gasteiger partial charge is 0.255 e. The van der Waals surface area contributed by atoms with Gasteiger partial charge in [-0.3, -0.25) is 14.4 Å². The number of nitrogens with one attached hydrogen (secondary N) is 1. The summed E-state index contributed by atoms with van der Waals surface area (Å²) in [5, 5.41) is 3.51. The van der Waals surface area contributed by atoms with Crippen LogP contribution in [0.25, 0.3) is 0 Å². The Bertz CT molecular complexity index is 993. The van der Waals surface area contributed by atoms with Crippen LogP contribution < -0.4 is 15.8 Å². The van der Waals surface area contributed by atoms with Gasteiger partial charge < -0.3 is 15.8 Å². The van der Waals surface area contributed by atoms with Crippen molar-refractivity contribution in [3.63, 3.8) is 0 Å². The number of carbonyl (C=O) groups excluding carboxylic acids is 3. The van der Waals surface area contributed by atoms with Crippen molar-refractivity contribution in [2.24, 2.45) is 16.6 Å². The lowest BCUT2D eigenvalue weighted by atomic mass is 9.64. The summed E-state index contributed by atoms with van der Waals surface area (Å²) in [7, 11) is 0. The fourth-order valence-electron chi connectivity index (χ4n) is 5.16. The molecular weight excluding hydrogens is 392 g/mol. The van der Waals surface area contributed by atoms with Crippen molar-refractivity contribution >= 4 is 17.5 Å². The fraction of sp³-hybridized carbons (Fsp3) is 0.480. The molecule has 0 spiro atoms. The van der Waals surface area contributed by atoms with Crippen molar-refractivity contribution in [3.05, 3.63) is 52.4 Å². The standard InChI is InChI=1S/C25H30N2O4/c1-24(2)9-16-22(18(28)11-24)21(14-6-5-7-15(8-14)31-13-20(26)30)23-17(27-16)10-25(3,4)12-19(23)29/h5-8,21,27H,9-13H2,1-4H3,(H2,26,30). The van der Waals surface area contributed by atoms with Crippen LogP contribution in [-0.4, -0.2) is 24.1 Å². The Balaban J connectivity index is 1.84. The zero-order chi connectivity index (χ0) is 22.6. The number of amides is 1. The number of hydrogen-bond acceptors (Lipinski definition) is 5. The molecule has 31 heavy (non-hydrogen) atoms. The molecule has 2 aliphatic carbocycles. The molecule has 0 aromatic heterocycles. The van der Waals surface area contributed by atoms with Gasteiger partial charge in [-0.15, -0.1) is 0 Å². The number of rotatable bonds is 4. The van der Waals surface area contributed by atoms with Crippen molar-refractivity contribution < 1.29 is 19.1 Å². The lowest BCUT2D eigenvalue weighted by Crippen LogP contribution is -2.42. The van der Waals surface area contributed by atoms with Gasteiger partial charge in [0.25, 0.3) is 5.91 Å². The molecule has 0 fully saturated rings. The molecule has 3 aliphatic rings. The summed E-state index contributed by atoms with van der Waals surface area (Å²) < 4.78 is 5.50. The summed E-state index contributed by atoms with van der Waals surface area (Å²) >= 11 is 0. The van der Waals surface area contributed by atoms with E-state index in [-0.39, 0.29) is 29.0 Å². The summed E-state index contributed by atoms with van der Waals surface area (Å²) in [5.41, 5.74) is 9.01. The molecule has 0 atom stereocenters. The number of nitrogens with two attached hydrogens (primary N) is 1. The third-order valence-electron chi connectivity index (χ3n) is 6.29. The van der Waals surface area contributed by atoms with E-state index in [0.29, 0.717) is 29.7 Å². The van der Waals surface area contributed by atoms with Crippen LogP contribution in [0.4, 0.5) is 0 Å². The minimum Gasteiger partial charge on any atom is -0.484 e. The molecule has 4 rings (SSSR count). The van der Waals surface area contributed by atoms with E-state index in [9.17, 15) is 14.4 Å². The number of hydrogen-bond donors (Lipinski definition) is 2. The van der Waals surface area contributed by atoms with Gasteiger partial charge in [-0.05, 0) is 41.4 Å². The zero-order valence-electron chi connectivity index (χ0n) is 18.6. The minimum absolute atomic E-state index is 0.0800. The molecular formula is C25H30N2O4. The Labute approximate surface area is 182 Å². The van der Waals surface area contributed by atoms with E-state index >= 15 is 0 Å². The van der Waals surface area contributed by atoms with Gasteiger partial charge in [0.05, 0.1) is 0 Å². The second-order valence-electron chi connectivity index (χ2n) is 10.6. The Morgan fingerprint density at radius 1 is 1.00 bits per heavy atom. The molecule has 164 valence electrons. The van der Waals surface area contributed by atoms with Crippen LogP contribution in [0, 0.1) is 10.8 Å². The highest BCUT2D eigenvalue weighted by Gasteiger charge is 2.46. The number of primary amides is 1. The number of ketones is 2. The summed E-state index contributed by atoms with van der Waals surface area (Å²) in [6.45, 7) is 8.18. The van der Waals surface area contributed by atoms with Crippen LogP contribution in [0.2, 0.25) is 0 Å². The number of Topliss-reactive ketones (excluding diaryl/α,β-unsaturated/α-hetero) is 2. The van der Waals surface area contributed by atoms with E-state index in [1.165, 1.54) is 0 Å². The maximum atomic E-state index is 13.3. The number of ether oxygens (including phenoxy) is 1. The number of benzene rings is 1. The average Bonchev–Trinajstić information content (AvgIpc) is 2.63. The Hall–Kier alpha value is -2.89. The van der Waals surface area contributed by atoms with Crippen molar-refractivity contribution in [2.45, 2.75) is 59.3 Å². The molecule has 6 nitrogen and oxygen atoms in total. The largest absolute Gasteiger partial charge is 0.484 e. The van der Waals surface area contributed by atoms with E-state index in [1.54, 1.807) is 6.07 Å². The van der Waals surface area contributed by atoms with E-state index in [2.05, 4.69) is 33.0 Å². The van der Waals surface area contributed by atoms with E-state index in [4.69, 9.17) is 10.5 Å². The quantitative estimate of drug-likeness (QED) is 0.774. The minimum atomic E-state index is -0.559. The second kappa shape index (κ2) is 7.36. The molecule has 3 N–H and O–H groups in total. The molecule has 0 unspecified atom stereocenters. The first-order valence-electron chi connectivity index (χ1n) is 10.8. The molecule has 1 heterocycles. The fourth-order valence-corrected chi connectivity index (χ4v) is 5.16. The van der Waals surface area contributed by atoms with Crippen LogP contribution in [0.5, 0.6) is 5.75 Å². The van der Waals surface area contributed by atoms with Crippen molar-refractivity contribution in [3.8, 4) is 5.75 Å². The molecule has 1 amide bonds. The first kappa shape index (κ1) is 21.3. The maximum Gasteiger partial charge on any atom is 0.255 e. The first-order valence-corrected chi connectivity index (χ1v) is 10.8. The topological polar surface area (TPSA) is 98.5 Å². The Morgan fingerprint density at radius 3 is 2.06 bits per heavy atom. The maximum absolute atomic E-state index is 13.3. The summed E-state index contributed by atoms with van der Waals surface area (Å²) in [6.07, 6.45) is 2.41. The monoisotopic (exact) mass is 422 g/mol. The van der Waals surface area contributed by atoms with Gasteiger partial charge in [0.15, 0.2) is 18.2 Å². The Kier molecular flexibility index (Phi) is 5.07. The van der Waals surface area contributed by atoms with Crippen molar-refractivity contribution in [1.29, 1.82) is 0 Å². The molecule has 0 radical (unpaired) electrons. The van der Waals surface area contributed by atoms with Gasteiger partial charge in [-0.2, -0.15) is 0 Å². The average molecular weight is 423 g/mol. The lowest BCUT2D eigenvalue weighted by Gasteiger charge is -2.44. The highest BCUT2D eigenvalue weighted by atomic mass is 16.5. The predicted octanol–water partition coefficient (Wildman–Crippen LogP) is 3.52. The second-order valence-corrected chi connectivity index (χ2v) is 10.6. The van der Waals surface area contributed by atoms with Crippen molar-refractivity contribution in [2.75, 3.05) is 6.61 Å². The third-order valence-corrected chi connectivity index (χ3v) is 6.29. The molecule has 0 saturated carbocycles. The zero-order valence-corrected chi connectivity index (χ0v) is 18.6. The van der Waals surface area contributed by atoms with Crippen molar-refractivity contribution in [1.82, 2.24) is 5.32 Å². The highest BCUT2D eigenvalue weighted by molar-refractivity contribution is 6.06. The molecule has 1 aromatic rings. The predicted molar refractivity (Wildman–Crippen MR) is 117 cm³/mol. The SMILES string of the molecule is CC1(C)CC(=O)C2=C(C1)NC1=C(C(=O)CC(C)(C)C1)C2c1cccc(OCC(N)=O)c1. The third kappa shape index (κ3) is 4.16. The summed E-state index contributed by atoms with van der Waals surface area (Å²) in [5.74, 6) is -0.327. The Morgan fingerprint density at radius 2 is 1.55 bits per heavy atom. The van der Waals surface area contributed by atoms with Gasteiger partial charge in [-0.1, -0.05) is 39.8 Å². The van der Waals surface area contributed by atoms with Gasteiger partial charge >= 0.3 is 0 Å². The van der Waals surface area contributed by atoms with Crippen LogP contribution in [-0.2, 0) is 14.4 Å². The van der Waals surface area contributed by atoms with Crippen LogP contribution in [0.1, 0.15) is 64.9 Å². The number of carbonyl (C=O) groups is 3.